The minimum absolute atomic E-state index is 0.0489. The summed E-state index contributed by atoms with van der Waals surface area (Å²) in [6.45, 7) is 0. The Morgan fingerprint density at radius 2 is 2.29 bits per heavy atom. The highest BCUT2D eigenvalue weighted by Crippen LogP contribution is 2.34. The molecule has 1 fully saturated rings. The van der Waals surface area contributed by atoms with Crippen LogP contribution in [0.4, 0.5) is 5.69 Å². The van der Waals surface area contributed by atoms with Crippen molar-refractivity contribution >= 4 is 27.5 Å². The Kier molecular flexibility index (Phi) is 4.48. The van der Waals surface area contributed by atoms with Crippen molar-refractivity contribution in [3.05, 3.63) is 32.8 Å². The van der Waals surface area contributed by atoms with Gasteiger partial charge in [0.25, 0.3) is 5.69 Å². The number of likely N-dealkylation sites (N-methyl/N-ethyl adjacent to an activating group) is 1. The first-order valence-electron chi connectivity index (χ1n) is 6.47. The number of hydrogen-bond donors (Lipinski definition) is 2. The second-order valence-electron chi connectivity index (χ2n) is 5.08. The van der Waals surface area contributed by atoms with Crippen molar-refractivity contribution in [1.82, 2.24) is 5.32 Å². The van der Waals surface area contributed by atoms with Crippen LogP contribution < -0.4 is 15.8 Å². The molecule has 7 nitrogen and oxygen atoms in total. The number of carbonyl (C=O) groups is 1. The number of nitrogens with two attached hydrogens (primary N) is 1. The molecule has 3 N–H and O–H groups in total. The number of rotatable bonds is 5. The van der Waals surface area contributed by atoms with Crippen LogP contribution >= 0.6 is 15.9 Å². The zero-order chi connectivity index (χ0) is 15.6. The van der Waals surface area contributed by atoms with Gasteiger partial charge in [-0.1, -0.05) is 15.9 Å². The molecule has 2 rings (SSSR count). The van der Waals surface area contributed by atoms with E-state index in [9.17, 15) is 14.9 Å². The number of nitrogens with one attached hydrogen (secondary N) is 1. The maximum Gasteiger partial charge on any atom is 0.274 e. The zero-order valence-electron chi connectivity index (χ0n) is 11.5. The van der Waals surface area contributed by atoms with Gasteiger partial charge in [0.15, 0.2) is 0 Å². The van der Waals surface area contributed by atoms with Crippen molar-refractivity contribution in [2.75, 3.05) is 7.05 Å². The van der Waals surface area contributed by atoms with Gasteiger partial charge < -0.3 is 15.8 Å². The Hall–Kier alpha value is -1.67. The van der Waals surface area contributed by atoms with Gasteiger partial charge >= 0.3 is 0 Å². The fraction of sp³-hybridized carbons (Fsp3) is 0.462. The summed E-state index contributed by atoms with van der Waals surface area (Å²) >= 11 is 3.22. The Morgan fingerprint density at radius 3 is 2.81 bits per heavy atom. The molecule has 114 valence electrons. The summed E-state index contributed by atoms with van der Waals surface area (Å²) in [5.74, 6) is -0.00577. The lowest BCUT2D eigenvalue weighted by Gasteiger charge is -2.24. The second kappa shape index (κ2) is 5.98. The van der Waals surface area contributed by atoms with Crippen molar-refractivity contribution in [3.8, 4) is 5.75 Å². The standard InChI is InChI=1S/C13H16BrN3O4/c1-16-13(12(15)18)3-2-10(7-13)21-11-5-8(14)4-9(6-11)17(19)20/h4-6,10,16H,2-3,7H2,1H3,(H2,15,18). The van der Waals surface area contributed by atoms with E-state index < -0.39 is 16.4 Å². The molecule has 1 saturated carbocycles. The fourth-order valence-electron chi connectivity index (χ4n) is 2.59. The Labute approximate surface area is 130 Å². The van der Waals surface area contributed by atoms with Gasteiger partial charge in [-0.2, -0.15) is 0 Å². The average Bonchev–Trinajstić information content (AvgIpc) is 2.82. The second-order valence-corrected chi connectivity index (χ2v) is 6.00. The molecule has 0 radical (unpaired) electrons. The summed E-state index contributed by atoms with van der Waals surface area (Å²) in [5.41, 5.74) is 4.62. The van der Waals surface area contributed by atoms with E-state index in [0.717, 1.165) is 0 Å². The number of primary amides is 1. The fourth-order valence-corrected chi connectivity index (χ4v) is 3.05. The highest BCUT2D eigenvalue weighted by molar-refractivity contribution is 9.10. The minimum atomic E-state index is -0.761. The van der Waals surface area contributed by atoms with Gasteiger partial charge in [-0.15, -0.1) is 0 Å². The molecule has 1 amide bonds. The van der Waals surface area contributed by atoms with Crippen LogP contribution in [0.1, 0.15) is 19.3 Å². The van der Waals surface area contributed by atoms with Gasteiger partial charge in [-0.25, -0.2) is 0 Å². The van der Waals surface area contributed by atoms with E-state index in [-0.39, 0.29) is 11.8 Å². The number of ether oxygens (including phenoxy) is 1. The molecular weight excluding hydrogens is 342 g/mol. The van der Waals surface area contributed by atoms with Crippen molar-refractivity contribution in [2.45, 2.75) is 30.9 Å². The molecule has 2 unspecified atom stereocenters. The molecule has 1 aliphatic carbocycles. The molecule has 0 saturated heterocycles. The van der Waals surface area contributed by atoms with Crippen molar-refractivity contribution < 1.29 is 14.5 Å². The van der Waals surface area contributed by atoms with Gasteiger partial charge in [0.2, 0.25) is 5.91 Å². The van der Waals surface area contributed by atoms with Crippen LogP contribution in [0.15, 0.2) is 22.7 Å². The van der Waals surface area contributed by atoms with E-state index in [1.807, 2.05) is 0 Å². The SMILES string of the molecule is CNC1(C(N)=O)CCC(Oc2cc(Br)cc([N+](=O)[O-])c2)C1. The number of nitro benzene ring substituents is 1. The monoisotopic (exact) mass is 357 g/mol. The number of amides is 1. The first kappa shape index (κ1) is 15.7. The Morgan fingerprint density at radius 1 is 1.57 bits per heavy atom. The van der Waals surface area contributed by atoms with Gasteiger partial charge in [0.1, 0.15) is 17.4 Å². The molecule has 0 aliphatic heterocycles. The first-order chi connectivity index (χ1) is 9.86. The van der Waals surface area contributed by atoms with E-state index >= 15 is 0 Å². The van der Waals surface area contributed by atoms with Crippen LogP contribution in [-0.2, 0) is 4.79 Å². The lowest BCUT2D eigenvalue weighted by Crippen LogP contribution is -2.52. The van der Waals surface area contributed by atoms with Crippen LogP contribution in [-0.4, -0.2) is 29.5 Å². The highest BCUT2D eigenvalue weighted by Gasteiger charge is 2.43. The molecule has 8 heteroatoms. The quantitative estimate of drug-likeness (QED) is 0.616. The third-order valence-corrected chi connectivity index (χ3v) is 4.25. The lowest BCUT2D eigenvalue weighted by molar-refractivity contribution is -0.385. The molecule has 1 aliphatic rings. The van der Waals surface area contributed by atoms with E-state index in [1.165, 1.54) is 12.1 Å². The predicted octanol–water partition coefficient (Wildman–Crippen LogP) is 1.73. The number of hydrogen-bond acceptors (Lipinski definition) is 5. The van der Waals surface area contributed by atoms with Crippen molar-refractivity contribution in [2.24, 2.45) is 5.73 Å². The molecule has 0 bridgehead atoms. The van der Waals surface area contributed by atoms with Crippen LogP contribution in [0.2, 0.25) is 0 Å². The normalized spacial score (nSPS) is 24.8. The van der Waals surface area contributed by atoms with Crippen LogP contribution in [0, 0.1) is 10.1 Å². The lowest BCUT2D eigenvalue weighted by atomic mass is 9.97. The molecular formula is C13H16BrN3O4. The third kappa shape index (κ3) is 3.33. The minimum Gasteiger partial charge on any atom is -0.490 e. The van der Waals surface area contributed by atoms with Crippen molar-refractivity contribution in [3.63, 3.8) is 0 Å². The molecule has 0 aromatic heterocycles. The van der Waals surface area contributed by atoms with E-state index in [4.69, 9.17) is 10.5 Å². The number of nitro groups is 1. The summed E-state index contributed by atoms with van der Waals surface area (Å²) in [6, 6.07) is 4.44. The van der Waals surface area contributed by atoms with Crippen LogP contribution in [0.25, 0.3) is 0 Å². The topological polar surface area (TPSA) is 107 Å². The molecule has 1 aromatic carbocycles. The third-order valence-electron chi connectivity index (χ3n) is 3.79. The van der Waals surface area contributed by atoms with Gasteiger partial charge in [0.05, 0.1) is 11.0 Å². The van der Waals surface area contributed by atoms with E-state index in [1.54, 1.807) is 13.1 Å². The Bertz CT molecular complexity index is 581. The highest BCUT2D eigenvalue weighted by atomic mass is 79.9. The van der Waals surface area contributed by atoms with Gasteiger partial charge in [-0.05, 0) is 26.0 Å². The molecule has 0 spiro atoms. The van der Waals surface area contributed by atoms with Crippen LogP contribution in [0.5, 0.6) is 5.75 Å². The summed E-state index contributed by atoms with van der Waals surface area (Å²) in [5, 5.41) is 13.8. The van der Waals surface area contributed by atoms with E-state index in [2.05, 4.69) is 21.2 Å². The molecule has 21 heavy (non-hydrogen) atoms. The zero-order valence-corrected chi connectivity index (χ0v) is 13.1. The number of non-ortho nitro benzene ring substituents is 1. The predicted molar refractivity (Wildman–Crippen MR) is 80.0 cm³/mol. The summed E-state index contributed by atoms with van der Waals surface area (Å²) < 4.78 is 6.34. The maximum absolute atomic E-state index is 11.6. The number of carbonyl (C=O) groups excluding carboxylic acids is 1. The largest absolute Gasteiger partial charge is 0.490 e. The van der Waals surface area contributed by atoms with Gasteiger partial charge in [0, 0.05) is 17.0 Å². The molecule has 0 heterocycles. The average molecular weight is 358 g/mol. The van der Waals surface area contributed by atoms with E-state index in [0.29, 0.717) is 29.5 Å². The number of nitrogens with zero attached hydrogens (tertiary/aromatic N) is 1. The molecule has 2 atom stereocenters. The van der Waals surface area contributed by atoms with Gasteiger partial charge in [-0.3, -0.25) is 14.9 Å². The smallest absolute Gasteiger partial charge is 0.274 e. The van der Waals surface area contributed by atoms with Crippen molar-refractivity contribution in [1.29, 1.82) is 0 Å². The first-order valence-corrected chi connectivity index (χ1v) is 7.26. The Balaban J connectivity index is 2.13. The van der Waals surface area contributed by atoms with Crippen LogP contribution in [0.3, 0.4) is 0 Å². The summed E-state index contributed by atoms with van der Waals surface area (Å²) in [4.78, 5) is 21.9. The summed E-state index contributed by atoms with van der Waals surface area (Å²) in [6.07, 6.45) is 1.47. The number of benzene rings is 1. The molecule has 1 aromatic rings. The maximum atomic E-state index is 11.6. The summed E-state index contributed by atoms with van der Waals surface area (Å²) in [7, 11) is 1.69. The number of halogens is 1.